The van der Waals surface area contributed by atoms with Gasteiger partial charge in [-0.2, -0.15) is 0 Å². The normalized spacial score (nSPS) is 14.6. The van der Waals surface area contributed by atoms with Crippen LogP contribution in [0.1, 0.15) is 5.56 Å². The third-order valence-corrected chi connectivity index (χ3v) is 3.81. The van der Waals surface area contributed by atoms with Crippen molar-refractivity contribution >= 4 is 29.8 Å². The Morgan fingerprint density at radius 1 is 1.14 bits per heavy atom. The molecule has 0 saturated carbocycles. The van der Waals surface area contributed by atoms with Crippen LogP contribution < -0.4 is 5.32 Å². The van der Waals surface area contributed by atoms with Crippen LogP contribution in [0.15, 0.2) is 24.3 Å². The van der Waals surface area contributed by atoms with E-state index in [9.17, 15) is 14.4 Å². The maximum atomic E-state index is 12.0. The first-order valence-corrected chi connectivity index (χ1v) is 7.49. The molecule has 0 atom stereocenters. The maximum Gasteiger partial charge on any atom is 0.312 e. The summed E-state index contributed by atoms with van der Waals surface area (Å²) < 4.78 is 0. The number of rotatable bonds is 4. The number of amides is 3. The predicted molar refractivity (Wildman–Crippen MR) is 82.4 cm³/mol. The summed E-state index contributed by atoms with van der Waals surface area (Å²) in [6.45, 7) is 2.10. The minimum atomic E-state index is -0.603. The van der Waals surface area contributed by atoms with Crippen LogP contribution in [-0.4, -0.2) is 60.7 Å². The number of benzene rings is 1. The lowest BCUT2D eigenvalue weighted by molar-refractivity contribution is -0.147. The summed E-state index contributed by atoms with van der Waals surface area (Å²) in [5.74, 6) is -1.14. The summed E-state index contributed by atoms with van der Waals surface area (Å²) >= 11 is 5.80. The van der Waals surface area contributed by atoms with E-state index in [1.54, 1.807) is 17.0 Å². The smallest absolute Gasteiger partial charge is 0.312 e. The number of carbonyl (C=O) groups is 3. The lowest BCUT2D eigenvalue weighted by atomic mass is 10.1. The summed E-state index contributed by atoms with van der Waals surface area (Å²) in [7, 11) is 0. The molecule has 1 heterocycles. The van der Waals surface area contributed by atoms with Crippen LogP contribution in [0.25, 0.3) is 0 Å². The molecule has 1 N–H and O–H groups in total. The van der Waals surface area contributed by atoms with Crippen molar-refractivity contribution in [2.24, 2.45) is 0 Å². The van der Waals surface area contributed by atoms with Crippen molar-refractivity contribution in [3.63, 3.8) is 0 Å². The molecule has 6 nitrogen and oxygen atoms in total. The second-order valence-electron chi connectivity index (χ2n) is 5.07. The van der Waals surface area contributed by atoms with Gasteiger partial charge in [0.2, 0.25) is 6.41 Å². The molecule has 3 amide bonds. The second kappa shape index (κ2) is 7.79. The van der Waals surface area contributed by atoms with E-state index in [4.69, 9.17) is 11.6 Å². The zero-order valence-electron chi connectivity index (χ0n) is 12.1. The monoisotopic (exact) mass is 323 g/mol. The van der Waals surface area contributed by atoms with Gasteiger partial charge in [0.25, 0.3) is 0 Å². The molecule has 1 aromatic rings. The molecule has 7 heteroatoms. The Bertz CT molecular complexity index is 539. The molecule has 1 fully saturated rings. The van der Waals surface area contributed by atoms with Crippen molar-refractivity contribution in [1.82, 2.24) is 15.1 Å². The molecule has 118 valence electrons. The van der Waals surface area contributed by atoms with Crippen molar-refractivity contribution in [2.75, 3.05) is 32.7 Å². The molecular formula is C15H18ClN3O3. The van der Waals surface area contributed by atoms with Gasteiger partial charge >= 0.3 is 11.8 Å². The first-order valence-electron chi connectivity index (χ1n) is 7.11. The molecule has 1 aliphatic rings. The molecular weight excluding hydrogens is 306 g/mol. The Balaban J connectivity index is 1.73. The molecule has 1 aliphatic heterocycles. The summed E-state index contributed by atoms with van der Waals surface area (Å²) in [4.78, 5) is 37.5. The topological polar surface area (TPSA) is 69.7 Å². The number of hydrogen-bond donors (Lipinski definition) is 1. The van der Waals surface area contributed by atoms with E-state index in [0.717, 1.165) is 12.0 Å². The van der Waals surface area contributed by atoms with Gasteiger partial charge in [0, 0.05) is 37.7 Å². The Hall–Kier alpha value is -2.08. The molecule has 0 bridgehead atoms. The lowest BCUT2D eigenvalue weighted by Gasteiger charge is -2.31. The Labute approximate surface area is 134 Å². The number of nitrogens with zero attached hydrogens (tertiary/aromatic N) is 2. The Morgan fingerprint density at radius 2 is 1.77 bits per heavy atom. The van der Waals surface area contributed by atoms with E-state index in [0.29, 0.717) is 44.2 Å². The number of halogens is 1. The molecule has 0 aromatic heterocycles. The molecule has 1 aromatic carbocycles. The van der Waals surface area contributed by atoms with Crippen LogP contribution in [0.3, 0.4) is 0 Å². The lowest BCUT2D eigenvalue weighted by Crippen LogP contribution is -2.52. The van der Waals surface area contributed by atoms with E-state index >= 15 is 0 Å². The highest BCUT2D eigenvalue weighted by Gasteiger charge is 2.25. The molecule has 1 saturated heterocycles. The van der Waals surface area contributed by atoms with E-state index < -0.39 is 11.8 Å². The predicted octanol–water partition coefficient (Wildman–Crippen LogP) is 0.299. The fraction of sp³-hybridized carbons (Fsp3) is 0.400. The highest BCUT2D eigenvalue weighted by Crippen LogP contribution is 2.09. The van der Waals surface area contributed by atoms with Crippen LogP contribution in [0, 0.1) is 0 Å². The third-order valence-electron chi connectivity index (χ3n) is 3.56. The zero-order valence-corrected chi connectivity index (χ0v) is 12.9. The van der Waals surface area contributed by atoms with E-state index in [-0.39, 0.29) is 0 Å². The fourth-order valence-electron chi connectivity index (χ4n) is 2.22. The number of piperazine rings is 1. The zero-order chi connectivity index (χ0) is 15.9. The van der Waals surface area contributed by atoms with Crippen LogP contribution in [0.5, 0.6) is 0 Å². The quantitative estimate of drug-likeness (QED) is 0.640. The van der Waals surface area contributed by atoms with E-state index in [1.165, 1.54) is 4.90 Å². The minimum Gasteiger partial charge on any atom is -0.347 e. The highest BCUT2D eigenvalue weighted by molar-refractivity contribution is 6.35. The minimum absolute atomic E-state index is 0.389. The van der Waals surface area contributed by atoms with Crippen molar-refractivity contribution in [2.45, 2.75) is 6.42 Å². The number of nitrogens with one attached hydrogen (secondary N) is 1. The van der Waals surface area contributed by atoms with Crippen molar-refractivity contribution < 1.29 is 14.4 Å². The number of carbonyl (C=O) groups excluding carboxylic acids is 3. The first-order chi connectivity index (χ1) is 10.6. The van der Waals surface area contributed by atoms with Crippen molar-refractivity contribution in [3.8, 4) is 0 Å². The van der Waals surface area contributed by atoms with Crippen molar-refractivity contribution in [1.29, 1.82) is 0 Å². The summed E-state index contributed by atoms with van der Waals surface area (Å²) in [5, 5.41) is 3.29. The third kappa shape index (κ3) is 4.46. The van der Waals surface area contributed by atoms with E-state index in [2.05, 4.69) is 5.32 Å². The van der Waals surface area contributed by atoms with Gasteiger partial charge in [-0.15, -0.1) is 0 Å². The van der Waals surface area contributed by atoms with Gasteiger partial charge in [0.1, 0.15) is 0 Å². The molecule has 2 rings (SSSR count). The number of hydrogen-bond acceptors (Lipinski definition) is 3. The first kappa shape index (κ1) is 16.3. The molecule has 0 spiro atoms. The van der Waals surface area contributed by atoms with Gasteiger partial charge in [-0.25, -0.2) is 0 Å². The van der Waals surface area contributed by atoms with Crippen LogP contribution in [-0.2, 0) is 20.8 Å². The van der Waals surface area contributed by atoms with Crippen molar-refractivity contribution in [3.05, 3.63) is 34.9 Å². The van der Waals surface area contributed by atoms with Gasteiger partial charge in [0.05, 0.1) is 0 Å². The largest absolute Gasteiger partial charge is 0.347 e. The van der Waals surface area contributed by atoms with E-state index in [1.807, 2.05) is 12.1 Å². The molecule has 0 unspecified atom stereocenters. The van der Waals surface area contributed by atoms with Gasteiger partial charge in [-0.05, 0) is 24.1 Å². The van der Waals surface area contributed by atoms with Gasteiger partial charge < -0.3 is 15.1 Å². The van der Waals surface area contributed by atoms with Gasteiger partial charge in [0.15, 0.2) is 0 Å². The van der Waals surface area contributed by atoms with Crippen LogP contribution in [0.2, 0.25) is 5.02 Å². The molecule has 0 aliphatic carbocycles. The van der Waals surface area contributed by atoms with Crippen LogP contribution in [0.4, 0.5) is 0 Å². The average Bonchev–Trinajstić information content (AvgIpc) is 2.56. The second-order valence-corrected chi connectivity index (χ2v) is 5.50. The molecule has 22 heavy (non-hydrogen) atoms. The molecule has 0 radical (unpaired) electrons. The van der Waals surface area contributed by atoms with Gasteiger partial charge in [-0.1, -0.05) is 23.7 Å². The highest BCUT2D eigenvalue weighted by atomic mass is 35.5. The fourth-order valence-corrected chi connectivity index (χ4v) is 2.35. The average molecular weight is 324 g/mol. The Kier molecular flexibility index (Phi) is 5.77. The summed E-state index contributed by atoms with van der Waals surface area (Å²) in [5.41, 5.74) is 1.04. The summed E-state index contributed by atoms with van der Waals surface area (Å²) in [6, 6.07) is 7.34. The van der Waals surface area contributed by atoms with Gasteiger partial charge in [-0.3, -0.25) is 14.4 Å². The Morgan fingerprint density at radius 3 is 2.36 bits per heavy atom. The SMILES string of the molecule is O=CN1CCN(C(=O)C(=O)NCCc2ccc(Cl)cc2)CC1. The van der Waals surface area contributed by atoms with Crippen LogP contribution >= 0.6 is 11.6 Å². The maximum absolute atomic E-state index is 12.0. The summed E-state index contributed by atoms with van der Waals surface area (Å²) in [6.07, 6.45) is 1.39. The standard InChI is InChI=1S/C15H18ClN3O3/c16-13-3-1-12(2-4-13)5-6-17-14(21)15(22)19-9-7-18(11-20)8-10-19/h1-4,11H,5-10H2,(H,17,21).